The van der Waals surface area contributed by atoms with Crippen molar-refractivity contribution in [2.24, 2.45) is 5.11 Å². The minimum Gasteiger partial charge on any atom is -0.481 e. The van der Waals surface area contributed by atoms with Crippen LogP contribution < -0.4 is 5.53 Å². The van der Waals surface area contributed by atoms with Gasteiger partial charge in [-0.15, -0.1) is 0 Å². The molecular formula is C8H13N2O4+. The van der Waals surface area contributed by atoms with E-state index in [4.69, 9.17) is 10.6 Å². The number of esters is 1. The molecule has 0 spiro atoms. The highest BCUT2D eigenvalue weighted by Gasteiger charge is 2.10. The first-order chi connectivity index (χ1) is 6.60. The quantitative estimate of drug-likeness (QED) is 0.332. The highest BCUT2D eigenvalue weighted by molar-refractivity contribution is 5.82. The second-order valence-corrected chi connectivity index (χ2v) is 2.43. The molecule has 0 aliphatic carbocycles. The lowest BCUT2D eigenvalue weighted by Gasteiger charge is -1.98. The first-order valence-electron chi connectivity index (χ1n) is 4.07. The maximum absolute atomic E-state index is 10.8. The summed E-state index contributed by atoms with van der Waals surface area (Å²) in [6.07, 6.45) is 2.17. The molecule has 0 amide bonds. The molecule has 0 aliphatic rings. The van der Waals surface area contributed by atoms with E-state index in [2.05, 4.69) is 9.85 Å². The SMILES string of the molecule is CCOC(=O)/C=C/[C@H](CC(=O)O)N=[NH2+]. The Kier molecular flexibility index (Phi) is 5.93. The molecule has 0 aliphatic heterocycles. The molecule has 0 unspecified atom stereocenters. The minimum atomic E-state index is -1.03. The molecule has 0 aromatic heterocycles. The van der Waals surface area contributed by atoms with Crippen molar-refractivity contribution in [3.63, 3.8) is 0 Å². The fourth-order valence-corrected chi connectivity index (χ4v) is 0.729. The lowest BCUT2D eigenvalue weighted by molar-refractivity contribution is -0.227. The first kappa shape index (κ1) is 12.3. The molecule has 78 valence electrons. The number of aliphatic carboxylic acids is 1. The van der Waals surface area contributed by atoms with Crippen LogP contribution in [0.5, 0.6) is 0 Å². The number of carboxylic acid groups (broad SMARTS) is 1. The van der Waals surface area contributed by atoms with Gasteiger partial charge >= 0.3 is 11.9 Å². The number of carboxylic acids is 1. The van der Waals surface area contributed by atoms with E-state index in [1.807, 2.05) is 0 Å². The van der Waals surface area contributed by atoms with Gasteiger partial charge in [0.05, 0.1) is 13.0 Å². The molecule has 6 heteroatoms. The number of nitrogens with two attached hydrogens (primary N) is 1. The van der Waals surface area contributed by atoms with Gasteiger partial charge in [-0.05, 0) is 18.1 Å². The topological polar surface area (TPSA) is 102 Å². The highest BCUT2D eigenvalue weighted by Crippen LogP contribution is 1.98. The summed E-state index contributed by atoms with van der Waals surface area (Å²) in [7, 11) is 0. The molecule has 0 rings (SSSR count). The first-order valence-corrected chi connectivity index (χ1v) is 4.07. The van der Waals surface area contributed by atoms with Crippen molar-refractivity contribution in [2.45, 2.75) is 19.4 Å². The van der Waals surface area contributed by atoms with Gasteiger partial charge in [0.15, 0.2) is 0 Å². The van der Waals surface area contributed by atoms with E-state index < -0.39 is 18.0 Å². The van der Waals surface area contributed by atoms with Crippen molar-refractivity contribution in [1.29, 1.82) is 0 Å². The fraction of sp³-hybridized carbons (Fsp3) is 0.500. The molecule has 0 saturated carbocycles. The second kappa shape index (κ2) is 6.76. The van der Waals surface area contributed by atoms with Crippen LogP contribution in [0.2, 0.25) is 0 Å². The Morgan fingerprint density at radius 2 is 2.29 bits per heavy atom. The van der Waals surface area contributed by atoms with Crippen LogP contribution in [-0.4, -0.2) is 29.7 Å². The Morgan fingerprint density at radius 1 is 1.64 bits per heavy atom. The average Bonchev–Trinajstić information content (AvgIpc) is 2.12. The van der Waals surface area contributed by atoms with Crippen LogP contribution in [0.1, 0.15) is 13.3 Å². The Hall–Kier alpha value is -1.72. The molecule has 0 bridgehead atoms. The number of carbonyl (C=O) groups is 2. The normalized spacial score (nSPS) is 12.4. The number of rotatable bonds is 6. The van der Waals surface area contributed by atoms with Crippen LogP contribution in [0.4, 0.5) is 0 Å². The Bertz CT molecular complexity index is 250. The summed E-state index contributed by atoms with van der Waals surface area (Å²) in [6.45, 7) is 1.94. The summed E-state index contributed by atoms with van der Waals surface area (Å²) < 4.78 is 4.59. The maximum Gasteiger partial charge on any atom is 0.330 e. The monoisotopic (exact) mass is 201 g/mol. The summed E-state index contributed by atoms with van der Waals surface area (Å²) in [6, 6.07) is -0.697. The number of carbonyl (C=O) groups excluding carboxylic acids is 1. The molecule has 3 N–H and O–H groups in total. The predicted molar refractivity (Wildman–Crippen MR) is 46.2 cm³/mol. The number of nitrogens with zero attached hydrogens (tertiary/aromatic N) is 1. The molecule has 0 saturated heterocycles. The number of hydrogen-bond acceptors (Lipinski definition) is 4. The zero-order chi connectivity index (χ0) is 11.0. The molecule has 14 heavy (non-hydrogen) atoms. The van der Waals surface area contributed by atoms with Crippen LogP contribution in [0.25, 0.3) is 0 Å². The molecule has 0 fully saturated rings. The Morgan fingerprint density at radius 3 is 2.71 bits per heavy atom. The molecule has 6 nitrogen and oxygen atoms in total. The fourth-order valence-electron chi connectivity index (χ4n) is 0.729. The largest absolute Gasteiger partial charge is 0.481 e. The van der Waals surface area contributed by atoms with Crippen molar-refractivity contribution < 1.29 is 25.0 Å². The van der Waals surface area contributed by atoms with E-state index in [1.165, 1.54) is 6.08 Å². The van der Waals surface area contributed by atoms with Crippen molar-refractivity contribution in [2.75, 3.05) is 6.61 Å². The summed E-state index contributed by atoms with van der Waals surface area (Å²) in [4.78, 5) is 21.1. The van der Waals surface area contributed by atoms with Gasteiger partial charge < -0.3 is 9.84 Å². The van der Waals surface area contributed by atoms with Crippen LogP contribution in [0.3, 0.4) is 0 Å². The minimum absolute atomic E-state index is 0.244. The lowest BCUT2D eigenvalue weighted by Crippen LogP contribution is -2.29. The number of ether oxygens (including phenoxy) is 1. The van der Waals surface area contributed by atoms with E-state index in [9.17, 15) is 9.59 Å². The van der Waals surface area contributed by atoms with Crippen molar-refractivity contribution >= 4 is 11.9 Å². The van der Waals surface area contributed by atoms with Gasteiger partial charge in [0.25, 0.3) is 0 Å². The van der Waals surface area contributed by atoms with E-state index >= 15 is 0 Å². The third kappa shape index (κ3) is 5.87. The Labute approximate surface area is 81.1 Å². The molecule has 0 radical (unpaired) electrons. The standard InChI is InChI=1S/C8H12N2O4/c1-2-14-8(13)4-3-6(10-9)5-7(11)12/h3-4,6,9H,2,5H2,1H3,(H,11,12)/p+1/b4-3+,10-9?/t6-/m1/s1. The summed E-state index contributed by atoms with van der Waals surface area (Å²) in [5, 5.41) is 11.7. The zero-order valence-corrected chi connectivity index (χ0v) is 7.84. The van der Waals surface area contributed by atoms with Crippen molar-refractivity contribution in [1.82, 2.24) is 0 Å². The molecule has 0 heterocycles. The van der Waals surface area contributed by atoms with Gasteiger partial charge in [-0.25, -0.2) is 4.79 Å². The van der Waals surface area contributed by atoms with Gasteiger partial charge in [0.2, 0.25) is 0 Å². The second-order valence-electron chi connectivity index (χ2n) is 2.43. The summed E-state index contributed by atoms with van der Waals surface area (Å²) in [5.41, 5.74) is 4.94. The Balaban J connectivity index is 4.09. The smallest absolute Gasteiger partial charge is 0.330 e. The van der Waals surface area contributed by atoms with Gasteiger partial charge in [0.1, 0.15) is 6.04 Å². The van der Waals surface area contributed by atoms with Gasteiger partial charge in [-0.3, -0.25) is 4.79 Å². The number of hydrogen-bond donors (Lipinski definition) is 2. The van der Waals surface area contributed by atoms with Crippen LogP contribution in [0, 0.1) is 0 Å². The maximum atomic E-state index is 10.8. The molecule has 0 aromatic carbocycles. The summed E-state index contributed by atoms with van der Waals surface area (Å²) in [5.74, 6) is -1.57. The van der Waals surface area contributed by atoms with Crippen LogP contribution in [-0.2, 0) is 14.3 Å². The zero-order valence-electron chi connectivity index (χ0n) is 7.84. The average molecular weight is 201 g/mol. The van der Waals surface area contributed by atoms with E-state index in [-0.39, 0.29) is 13.0 Å². The van der Waals surface area contributed by atoms with Gasteiger partial charge in [0, 0.05) is 6.08 Å². The van der Waals surface area contributed by atoms with Gasteiger partial charge in [-0.1, -0.05) is 0 Å². The lowest BCUT2D eigenvalue weighted by atomic mass is 10.2. The van der Waals surface area contributed by atoms with Crippen molar-refractivity contribution in [3.8, 4) is 0 Å². The van der Waals surface area contributed by atoms with E-state index in [0.29, 0.717) is 0 Å². The third-order valence-electron chi connectivity index (χ3n) is 1.32. The highest BCUT2D eigenvalue weighted by atomic mass is 16.5. The van der Waals surface area contributed by atoms with E-state index in [0.717, 1.165) is 6.08 Å². The van der Waals surface area contributed by atoms with Crippen LogP contribution >= 0.6 is 0 Å². The summed E-state index contributed by atoms with van der Waals surface area (Å²) >= 11 is 0. The van der Waals surface area contributed by atoms with Gasteiger partial charge in [-0.2, -0.15) is 5.53 Å². The molecular weight excluding hydrogens is 188 g/mol. The molecule has 1 atom stereocenters. The third-order valence-corrected chi connectivity index (χ3v) is 1.32. The van der Waals surface area contributed by atoms with E-state index in [1.54, 1.807) is 6.92 Å². The molecule has 0 aromatic rings. The van der Waals surface area contributed by atoms with Crippen molar-refractivity contribution in [3.05, 3.63) is 12.2 Å². The predicted octanol–water partition coefficient (Wildman–Crippen LogP) is -0.840. The van der Waals surface area contributed by atoms with Crippen LogP contribution in [0.15, 0.2) is 17.3 Å².